The smallest absolute Gasteiger partial charge is 0.870 e. The molecule has 0 aromatic heterocycles. The molecule has 0 bridgehead atoms. The van der Waals surface area contributed by atoms with E-state index in [0.29, 0.717) is 146 Å². The van der Waals surface area contributed by atoms with Gasteiger partial charge in [0, 0.05) is 39.3 Å². The maximum atomic E-state index is 14.2. The average molecular weight is 1960 g/mol. The van der Waals surface area contributed by atoms with Gasteiger partial charge < -0.3 is 40.9 Å². The number of allylic oxidation sites excluding steroid dienone is 7. The average Bonchev–Trinajstić information content (AvgIpc) is 1.25. The van der Waals surface area contributed by atoms with Crippen LogP contribution in [0.5, 0.6) is 5.75 Å². The fourth-order valence-corrected chi connectivity index (χ4v) is 39.3. The van der Waals surface area contributed by atoms with Gasteiger partial charge in [-0.1, -0.05) is 234 Å². The number of likely N-dealkylation sites (N-methyl/N-ethyl adjacent to an activating group) is 3. The normalized spacial score (nSPS) is 39.8. The molecule has 0 heterocycles. The first-order valence-electron chi connectivity index (χ1n) is 55.6. The number of hydrogen-bond acceptors (Lipinski definition) is 13. The van der Waals surface area contributed by atoms with Crippen molar-refractivity contribution in [1.29, 1.82) is 0 Å². The van der Waals surface area contributed by atoms with E-state index in [1.807, 2.05) is 12.1 Å². The second-order valence-electron chi connectivity index (χ2n) is 54.4. The number of nitrogens with zero attached hydrogens (tertiary/aromatic N) is 3. The summed E-state index contributed by atoms with van der Waals surface area (Å²) in [4.78, 5) is 92.6. The van der Waals surface area contributed by atoms with Crippen LogP contribution < -0.4 is 50.2 Å². The van der Waals surface area contributed by atoms with Gasteiger partial charge in [0.2, 0.25) is 17.7 Å². The Hall–Kier alpha value is -5.90. The van der Waals surface area contributed by atoms with Crippen LogP contribution in [0.4, 0.5) is 0 Å². The molecule has 0 aliphatic heterocycles. The second kappa shape index (κ2) is 42.9. The van der Waals surface area contributed by atoms with Crippen LogP contribution in [0.3, 0.4) is 0 Å². The van der Waals surface area contributed by atoms with E-state index >= 15 is 0 Å². The van der Waals surface area contributed by atoms with Gasteiger partial charge in [0.15, 0.2) is 0 Å². The minimum atomic E-state index is -0.219. The van der Waals surface area contributed by atoms with Crippen molar-refractivity contribution in [3.05, 3.63) is 131 Å². The quantitative estimate of drug-likeness (QED) is 0.0545. The van der Waals surface area contributed by atoms with Crippen LogP contribution in [0, 0.1) is 196 Å². The van der Waals surface area contributed by atoms with Crippen molar-refractivity contribution in [3.8, 4) is 5.75 Å². The predicted molar refractivity (Wildman–Crippen MR) is 569 cm³/mol. The molecular formula is C125H189N6NaO10. The second-order valence-corrected chi connectivity index (χ2v) is 54.4. The molecule has 3 aromatic rings. The van der Waals surface area contributed by atoms with E-state index in [1.54, 1.807) is 11.1 Å². The zero-order chi connectivity index (χ0) is 102. The predicted octanol–water partition coefficient (Wildman–Crippen LogP) is 23.0. The fraction of sp³-hybridized carbons (Fsp3) is 0.744. The number of nitrogens with one attached hydrogen (secondary N) is 3. The number of rotatable bonds is 20. The molecule has 0 saturated heterocycles. The maximum absolute atomic E-state index is 14.2. The van der Waals surface area contributed by atoms with Crippen LogP contribution in [0.25, 0.3) is 16.7 Å². The summed E-state index contributed by atoms with van der Waals surface area (Å²) in [5.41, 5.74) is 15.1. The van der Waals surface area contributed by atoms with E-state index in [-0.39, 0.29) is 101 Å². The van der Waals surface area contributed by atoms with E-state index in [0.717, 1.165) is 102 Å². The van der Waals surface area contributed by atoms with Crippen LogP contribution in [0.2, 0.25) is 0 Å². The number of fused-ring (bicyclic) bond motifs is 21. The summed E-state index contributed by atoms with van der Waals surface area (Å²) in [6.45, 7) is 65.9. The minimum absolute atomic E-state index is 0. The standard InChI is InChI=1S/C41H62N2O3.C41H64N2O.C41H62N2O.2CO2.Na.H2O/c1-27(2)30-16-21-41(36(45)42-24-25-43(8)9)23-22-39(6)32(35(30)41)14-15-34-38(5)19-17-31(28-10-12-29(13-11-28)46-26-44)37(3,4)33(38)18-20-40(34,39)7;2*1-27(2)30-17-22-41(36(44)42-25-26-43(9)10)24-23-39(7)32(35(30)41)15-16-34-38(6)20-18-31(29-13-11-28(3)12-14-29)37(4,5)33(38)19-21-40(34,39)8;2*2-1-3;;/h10-13,17,26-27,30,32-35H,14-16,18-25H2,1-9H3,(H,42,45);11-14,18,27,30,32-35H,15-17,19-26H2,1-10H3,(H,42,44);11-14,18,30,32-35H,1,15-17,19-26H2,2-10H3,(H,42,44);;;;1H2/q;;;;;+1;/p-1/t3*30-,32+,33-,34+,35+,38-,39+,40+,41-;;;;/m000..../s1. The van der Waals surface area contributed by atoms with Crippen molar-refractivity contribution in [2.24, 2.45) is 182 Å². The summed E-state index contributed by atoms with van der Waals surface area (Å²) < 4.78 is 5.09. The maximum Gasteiger partial charge on any atom is 1.00 e. The Morgan fingerprint density at radius 2 is 0.662 bits per heavy atom. The third-order valence-electron chi connectivity index (χ3n) is 46.4. The summed E-state index contributed by atoms with van der Waals surface area (Å²) in [7, 11) is 12.6. The van der Waals surface area contributed by atoms with E-state index in [9.17, 15) is 19.2 Å². The fourth-order valence-electron chi connectivity index (χ4n) is 39.3. The number of ether oxygens (including phenoxy) is 1. The molecule has 0 spiro atoms. The molecule has 142 heavy (non-hydrogen) atoms. The molecule has 3 aromatic carbocycles. The number of hydrogen-bond donors (Lipinski definition) is 3. The molecule has 15 aliphatic carbocycles. The molecule has 17 heteroatoms. The molecular weight excluding hydrogens is 1770 g/mol. The largest absolute Gasteiger partial charge is 1.00 e. The molecule has 15 aliphatic rings. The van der Waals surface area contributed by atoms with E-state index < -0.39 is 0 Å². The molecule has 4 N–H and O–H groups in total. The van der Waals surface area contributed by atoms with Gasteiger partial charge in [-0.05, 0) is 448 Å². The summed E-state index contributed by atoms with van der Waals surface area (Å²) in [5.74, 6) is 12.2. The van der Waals surface area contributed by atoms with Crippen LogP contribution in [0.1, 0.15) is 340 Å². The third kappa shape index (κ3) is 18.9. The third-order valence-corrected chi connectivity index (χ3v) is 46.4. The number of benzene rings is 3. The molecule has 0 radical (unpaired) electrons. The van der Waals surface area contributed by atoms with Crippen molar-refractivity contribution >= 4 is 53.2 Å². The van der Waals surface area contributed by atoms with Crippen molar-refractivity contribution in [2.75, 3.05) is 81.6 Å². The number of carbonyl (C=O) groups excluding carboxylic acids is 8. The van der Waals surface area contributed by atoms with Crippen molar-refractivity contribution in [2.45, 2.75) is 326 Å². The summed E-state index contributed by atoms with van der Waals surface area (Å²) in [5, 5.41) is 10.3. The monoisotopic (exact) mass is 1960 g/mol. The number of carbonyl (C=O) groups is 4. The first-order valence-corrected chi connectivity index (χ1v) is 55.6. The van der Waals surface area contributed by atoms with Gasteiger partial charge in [-0.2, -0.15) is 19.2 Å². The molecule has 18 rings (SSSR count). The zero-order valence-corrected chi connectivity index (χ0v) is 96.1. The summed E-state index contributed by atoms with van der Waals surface area (Å²) >= 11 is 0. The van der Waals surface area contributed by atoms with Crippen LogP contribution >= 0.6 is 0 Å². The first-order chi connectivity index (χ1) is 65.7. The van der Waals surface area contributed by atoms with Gasteiger partial charge in [0.25, 0.3) is 6.47 Å². The van der Waals surface area contributed by atoms with Crippen LogP contribution in [-0.2, 0) is 38.4 Å². The van der Waals surface area contributed by atoms with E-state index in [1.165, 1.54) is 161 Å². The Labute approximate surface area is 881 Å². The topological polar surface area (TPSA) is 222 Å². The Morgan fingerprint density at radius 1 is 0.387 bits per heavy atom. The first kappa shape index (κ1) is 115. The molecule has 3 amide bonds. The molecule has 12 saturated carbocycles. The van der Waals surface area contributed by atoms with Gasteiger partial charge in [0.05, 0.1) is 16.2 Å². The van der Waals surface area contributed by atoms with Crippen molar-refractivity contribution in [3.63, 3.8) is 0 Å². The van der Waals surface area contributed by atoms with Gasteiger partial charge in [-0.25, -0.2) is 0 Å². The minimum Gasteiger partial charge on any atom is -0.870 e. The van der Waals surface area contributed by atoms with Gasteiger partial charge >= 0.3 is 41.9 Å². The molecule has 16 nitrogen and oxygen atoms in total. The molecule has 12 fully saturated rings. The van der Waals surface area contributed by atoms with E-state index in [4.69, 9.17) is 23.9 Å². The Morgan fingerprint density at radius 3 is 0.937 bits per heavy atom. The van der Waals surface area contributed by atoms with Gasteiger partial charge in [-0.15, -0.1) is 0 Å². The Kier molecular flexibility index (Phi) is 34.6. The van der Waals surface area contributed by atoms with E-state index in [2.05, 4.69) is 311 Å². The van der Waals surface area contributed by atoms with Crippen molar-refractivity contribution in [1.82, 2.24) is 30.7 Å². The van der Waals surface area contributed by atoms with Crippen molar-refractivity contribution < 1.29 is 78.1 Å². The summed E-state index contributed by atoms with van der Waals surface area (Å²) in [6, 6.07) is 26.7. The Balaban J connectivity index is 0.000000184. The number of aryl methyl sites for hydroxylation is 2. The number of amides is 3. The van der Waals surface area contributed by atoms with Crippen LogP contribution in [-0.4, -0.2) is 138 Å². The SMILES string of the molecule is C=C(C)[C@@H]1CC[C@]2(C(=O)NCCN(C)C)CC[C@]3(C)[C@H](CC[C@@H]4[C@@]5(C)CC=C(c6ccc(C)cc6)C(C)(C)[C@@H]5CC[C@]43C)[C@@H]12.CC(C)[C@@H]1CC[C@]2(C(=O)NCCN(C)C)CC[C@]3(C)[C@H](CC[C@@H]4[C@@]5(C)CC=C(c6ccc(OC=O)cc6)C(C)(C)[C@@H]5CC[C@]43C)[C@@H]12.Cc1ccc(C2=CC[C@]3(C)[C@H]4CC[C@@H]5[C@H]6[C@H](C(C)C)CC[C@]6(C(=O)NCCN(C)C)CC[C@@]5(C)[C@]4(C)CC[C@H]3C2(C)C)cc1.O=C=O.O=C=O.[Na+].[OH-]. The molecule has 0 unspecified atom stereocenters. The van der Waals surface area contributed by atoms with Crippen LogP contribution in [0.15, 0.2) is 103 Å². The summed E-state index contributed by atoms with van der Waals surface area (Å²) in [6.07, 6.45) is 41.2. The molecule has 780 valence electrons. The van der Waals surface area contributed by atoms with Gasteiger partial charge in [0.1, 0.15) is 5.75 Å². The van der Waals surface area contributed by atoms with Gasteiger partial charge in [-0.3, -0.25) is 19.2 Å². The zero-order valence-electron chi connectivity index (χ0n) is 94.1. The Bertz CT molecular complexity index is 5140. The molecule has 27 atom stereocenters.